The smallest absolute Gasteiger partial charge is 0.270 e. The molecule has 0 aromatic carbocycles. The summed E-state index contributed by atoms with van der Waals surface area (Å²) in [6, 6.07) is 0. The number of hydrogen-bond acceptors (Lipinski definition) is 3. The highest BCUT2D eigenvalue weighted by Gasteiger charge is 2.44. The first-order valence-corrected chi connectivity index (χ1v) is 6.51. The number of hydrogen-bond donors (Lipinski definition) is 2. The molecule has 0 aliphatic heterocycles. The maximum atomic E-state index is 11.2. The molecule has 1 saturated carbocycles. The largest absolute Gasteiger partial charge is 0.350 e. The summed E-state index contributed by atoms with van der Waals surface area (Å²) in [5.41, 5.74) is -0.836. The van der Waals surface area contributed by atoms with Gasteiger partial charge >= 0.3 is 0 Å². The van der Waals surface area contributed by atoms with Gasteiger partial charge in [0.15, 0.2) is 0 Å². The normalized spacial score (nSPS) is 32.3. The molecule has 1 aliphatic rings. The number of amides is 1. The Morgan fingerprint density at radius 3 is 2.53 bits per heavy atom. The van der Waals surface area contributed by atoms with Crippen LogP contribution < -0.4 is 5.32 Å². The van der Waals surface area contributed by atoms with Crippen molar-refractivity contribution in [1.29, 1.82) is 0 Å². The molecule has 2 atom stereocenters. The molecule has 2 N–H and O–H groups in total. The molecule has 0 aromatic rings. The Morgan fingerprint density at radius 1 is 1.47 bits per heavy atom. The highest BCUT2D eigenvalue weighted by Crippen LogP contribution is 2.32. The fraction of sp³-hybridized carbons (Fsp3) is 0.889. The molecule has 0 saturated heterocycles. The SMILES string of the molecule is CC(=O)N[C@]1(C)CCCC[C@H]1S(=O)(=O)O. The standard InChI is InChI=1S/C9H17NO4S/c1-7(11)10-9(2)6-4-3-5-8(9)15(12,13)14/h8H,3-6H2,1-2H3,(H,10,11)(H,12,13,14)/t8-,9-/m1/s1. The third-order valence-electron chi connectivity index (χ3n) is 2.94. The van der Waals surface area contributed by atoms with Gasteiger partial charge in [-0.2, -0.15) is 8.42 Å². The van der Waals surface area contributed by atoms with E-state index in [4.69, 9.17) is 4.55 Å². The van der Waals surface area contributed by atoms with E-state index in [1.54, 1.807) is 6.92 Å². The lowest BCUT2D eigenvalue weighted by Crippen LogP contribution is -2.58. The molecule has 0 radical (unpaired) electrons. The van der Waals surface area contributed by atoms with Crippen LogP contribution in [0.2, 0.25) is 0 Å². The summed E-state index contributed by atoms with van der Waals surface area (Å²) < 4.78 is 31.5. The van der Waals surface area contributed by atoms with Gasteiger partial charge in [0.25, 0.3) is 10.1 Å². The Hall–Kier alpha value is -0.620. The first-order valence-electron chi connectivity index (χ1n) is 5.01. The minimum Gasteiger partial charge on any atom is -0.350 e. The fourth-order valence-electron chi connectivity index (χ4n) is 2.32. The fourth-order valence-corrected chi connectivity index (χ4v) is 3.62. The molecular formula is C9H17NO4S. The van der Waals surface area contributed by atoms with Crippen molar-refractivity contribution in [1.82, 2.24) is 5.32 Å². The third-order valence-corrected chi connectivity index (χ3v) is 4.42. The Labute approximate surface area is 90.0 Å². The van der Waals surface area contributed by atoms with Crippen molar-refractivity contribution in [2.24, 2.45) is 0 Å². The Balaban J connectivity index is 2.96. The van der Waals surface area contributed by atoms with E-state index < -0.39 is 20.9 Å². The second-order valence-electron chi connectivity index (χ2n) is 4.35. The van der Waals surface area contributed by atoms with Crippen molar-refractivity contribution >= 4 is 16.0 Å². The maximum Gasteiger partial charge on any atom is 0.270 e. The van der Waals surface area contributed by atoms with Crippen molar-refractivity contribution in [3.05, 3.63) is 0 Å². The van der Waals surface area contributed by atoms with Gasteiger partial charge in [-0.25, -0.2) is 0 Å². The molecule has 0 spiro atoms. The molecule has 1 rings (SSSR count). The molecule has 1 amide bonds. The van der Waals surface area contributed by atoms with Crippen LogP contribution >= 0.6 is 0 Å². The molecule has 6 heteroatoms. The summed E-state index contributed by atoms with van der Waals surface area (Å²) in [5, 5.41) is 1.75. The van der Waals surface area contributed by atoms with Crippen molar-refractivity contribution < 1.29 is 17.8 Å². The molecule has 0 bridgehead atoms. The van der Waals surface area contributed by atoms with Crippen LogP contribution in [-0.2, 0) is 14.9 Å². The van der Waals surface area contributed by atoms with Crippen molar-refractivity contribution in [3.63, 3.8) is 0 Å². The number of carbonyl (C=O) groups excluding carboxylic acids is 1. The first-order chi connectivity index (χ1) is 6.76. The van der Waals surface area contributed by atoms with Gasteiger partial charge in [-0.15, -0.1) is 0 Å². The molecule has 88 valence electrons. The summed E-state index contributed by atoms with van der Waals surface area (Å²) in [6.07, 6.45) is 2.61. The van der Waals surface area contributed by atoms with Gasteiger partial charge in [-0.1, -0.05) is 12.8 Å². The first kappa shape index (κ1) is 12.4. The van der Waals surface area contributed by atoms with Crippen LogP contribution in [0.15, 0.2) is 0 Å². The zero-order valence-electron chi connectivity index (χ0n) is 8.99. The predicted molar refractivity (Wildman–Crippen MR) is 56.0 cm³/mol. The third kappa shape index (κ3) is 2.92. The minimum absolute atomic E-state index is 0.270. The van der Waals surface area contributed by atoms with Gasteiger partial charge in [0.05, 0.1) is 5.54 Å². The number of rotatable bonds is 2. The molecular weight excluding hydrogens is 218 g/mol. The van der Waals surface area contributed by atoms with Gasteiger partial charge in [-0.3, -0.25) is 9.35 Å². The molecule has 1 aliphatic carbocycles. The van der Waals surface area contributed by atoms with Crippen LogP contribution in [0.4, 0.5) is 0 Å². The average Bonchev–Trinajstić information content (AvgIpc) is 1.99. The molecule has 0 unspecified atom stereocenters. The van der Waals surface area contributed by atoms with Gasteiger partial charge in [0.1, 0.15) is 5.25 Å². The minimum atomic E-state index is -4.09. The summed E-state index contributed by atoms with van der Waals surface area (Å²) in [7, 11) is -4.09. The Morgan fingerprint density at radius 2 is 2.07 bits per heavy atom. The number of carbonyl (C=O) groups is 1. The summed E-state index contributed by atoms with van der Waals surface area (Å²) in [5.74, 6) is -0.270. The molecule has 15 heavy (non-hydrogen) atoms. The van der Waals surface area contributed by atoms with Crippen LogP contribution in [0.5, 0.6) is 0 Å². The lowest BCUT2D eigenvalue weighted by molar-refractivity contribution is -0.121. The summed E-state index contributed by atoms with van der Waals surface area (Å²) in [6.45, 7) is 3.02. The highest BCUT2D eigenvalue weighted by molar-refractivity contribution is 7.86. The van der Waals surface area contributed by atoms with Gasteiger partial charge < -0.3 is 5.32 Å². The molecule has 1 fully saturated rings. The van der Waals surface area contributed by atoms with E-state index in [2.05, 4.69) is 5.32 Å². The lowest BCUT2D eigenvalue weighted by atomic mass is 9.82. The second kappa shape index (κ2) is 4.09. The van der Waals surface area contributed by atoms with Gasteiger partial charge in [0, 0.05) is 6.92 Å². The molecule has 0 heterocycles. The highest BCUT2D eigenvalue weighted by atomic mass is 32.2. The predicted octanol–water partition coefficient (Wildman–Crippen LogP) is 0.712. The zero-order valence-corrected chi connectivity index (χ0v) is 9.80. The van der Waals surface area contributed by atoms with Gasteiger partial charge in [0.2, 0.25) is 5.91 Å². The lowest BCUT2D eigenvalue weighted by Gasteiger charge is -2.39. The van der Waals surface area contributed by atoms with Crippen molar-refractivity contribution in [3.8, 4) is 0 Å². The molecule has 0 aromatic heterocycles. The quantitative estimate of drug-likeness (QED) is 0.690. The topological polar surface area (TPSA) is 83.5 Å². The molecule has 5 nitrogen and oxygen atoms in total. The van der Waals surface area contributed by atoms with E-state index in [1.165, 1.54) is 6.92 Å². The van der Waals surface area contributed by atoms with Crippen molar-refractivity contribution in [2.75, 3.05) is 0 Å². The Kier molecular flexibility index (Phi) is 3.40. The van der Waals surface area contributed by atoms with E-state index in [0.717, 1.165) is 12.8 Å². The summed E-state index contributed by atoms with van der Waals surface area (Å²) in [4.78, 5) is 11.0. The van der Waals surface area contributed by atoms with Crippen LogP contribution in [0, 0.1) is 0 Å². The second-order valence-corrected chi connectivity index (χ2v) is 5.95. The van der Waals surface area contributed by atoms with Crippen LogP contribution in [0.1, 0.15) is 39.5 Å². The Bertz CT molecular complexity index is 351. The van der Waals surface area contributed by atoms with E-state index in [9.17, 15) is 13.2 Å². The van der Waals surface area contributed by atoms with Crippen molar-refractivity contribution in [2.45, 2.75) is 50.3 Å². The number of nitrogens with one attached hydrogen (secondary N) is 1. The van der Waals surface area contributed by atoms with Gasteiger partial charge in [-0.05, 0) is 19.8 Å². The maximum absolute atomic E-state index is 11.2. The zero-order chi connectivity index (χ0) is 11.7. The van der Waals surface area contributed by atoms with Crippen LogP contribution in [0.25, 0.3) is 0 Å². The van der Waals surface area contributed by atoms with E-state index in [1.807, 2.05) is 0 Å². The van der Waals surface area contributed by atoms with E-state index in [-0.39, 0.29) is 5.91 Å². The van der Waals surface area contributed by atoms with E-state index >= 15 is 0 Å². The summed E-state index contributed by atoms with van der Waals surface area (Å²) >= 11 is 0. The monoisotopic (exact) mass is 235 g/mol. The average molecular weight is 235 g/mol. The van der Waals surface area contributed by atoms with Crippen LogP contribution in [0.3, 0.4) is 0 Å². The van der Waals surface area contributed by atoms with E-state index in [0.29, 0.717) is 12.8 Å². The van der Waals surface area contributed by atoms with Crippen LogP contribution in [-0.4, -0.2) is 29.7 Å².